The van der Waals surface area contributed by atoms with Crippen molar-refractivity contribution in [2.45, 2.75) is 26.3 Å². The lowest BCUT2D eigenvalue weighted by molar-refractivity contribution is 0.625. The minimum atomic E-state index is -0.126. The molecule has 100 valence electrons. The number of aromatic nitrogens is 2. The van der Waals surface area contributed by atoms with Crippen molar-refractivity contribution >= 4 is 22.5 Å². The van der Waals surface area contributed by atoms with Gasteiger partial charge in [-0.05, 0) is 37.5 Å². The molecule has 19 heavy (non-hydrogen) atoms. The summed E-state index contributed by atoms with van der Waals surface area (Å²) in [5, 5.41) is 0.545. The summed E-state index contributed by atoms with van der Waals surface area (Å²) < 4.78 is 0. The number of aromatic amines is 1. The molecule has 3 rings (SSSR count). The van der Waals surface area contributed by atoms with Crippen molar-refractivity contribution in [3.05, 3.63) is 28.6 Å². The quantitative estimate of drug-likeness (QED) is 0.764. The normalized spacial score (nSPS) is 23.2. The third kappa shape index (κ3) is 2.05. The molecule has 0 aliphatic carbocycles. The van der Waals surface area contributed by atoms with Gasteiger partial charge >= 0.3 is 0 Å². The topological polar surface area (TPSA) is 75.0 Å². The van der Waals surface area contributed by atoms with E-state index in [0.29, 0.717) is 34.5 Å². The molecule has 2 aromatic rings. The van der Waals surface area contributed by atoms with E-state index in [9.17, 15) is 4.79 Å². The zero-order valence-corrected chi connectivity index (χ0v) is 11.2. The van der Waals surface area contributed by atoms with Crippen LogP contribution in [0.3, 0.4) is 0 Å². The fourth-order valence-electron chi connectivity index (χ4n) is 2.88. The highest BCUT2D eigenvalue weighted by molar-refractivity contribution is 5.81. The van der Waals surface area contributed by atoms with E-state index < -0.39 is 0 Å². The predicted octanol–water partition coefficient (Wildman–Crippen LogP) is 1.74. The molecule has 0 saturated carbocycles. The number of nitrogens with zero attached hydrogens (tertiary/aromatic N) is 2. The third-order valence-corrected chi connectivity index (χ3v) is 3.77. The molecular formula is C14H18N4O. The van der Waals surface area contributed by atoms with Crippen LogP contribution < -0.4 is 16.2 Å². The van der Waals surface area contributed by atoms with Crippen LogP contribution in [0.1, 0.15) is 20.3 Å². The van der Waals surface area contributed by atoms with Gasteiger partial charge in [0.05, 0.1) is 10.9 Å². The van der Waals surface area contributed by atoms with Crippen LogP contribution in [-0.4, -0.2) is 22.6 Å². The summed E-state index contributed by atoms with van der Waals surface area (Å²) in [6.07, 6.45) is 1.13. The fourth-order valence-corrected chi connectivity index (χ4v) is 2.88. The number of nitrogens with two attached hydrogens (primary N) is 1. The highest BCUT2D eigenvalue weighted by Gasteiger charge is 2.27. The number of H-pyrrole nitrogens is 1. The third-order valence-electron chi connectivity index (χ3n) is 3.77. The Balaban J connectivity index is 2.11. The molecule has 1 aromatic heterocycles. The molecule has 2 unspecified atom stereocenters. The summed E-state index contributed by atoms with van der Waals surface area (Å²) in [5.74, 6) is 1.29. The van der Waals surface area contributed by atoms with E-state index in [1.54, 1.807) is 18.2 Å². The van der Waals surface area contributed by atoms with Gasteiger partial charge in [0.25, 0.3) is 5.56 Å². The molecule has 1 fully saturated rings. The molecule has 1 aliphatic heterocycles. The summed E-state index contributed by atoms with van der Waals surface area (Å²) in [6.45, 7) is 5.32. The standard InChI is InChI=1S/C14H18N4O/c1-8-5-9(2)18(7-8)14-16-12-4-3-10(15)6-11(12)13(19)17-14/h3-4,6,8-9H,5,7,15H2,1-2H3,(H,16,17,19). The largest absolute Gasteiger partial charge is 0.399 e. The van der Waals surface area contributed by atoms with Gasteiger partial charge in [-0.15, -0.1) is 0 Å². The molecule has 1 aliphatic rings. The van der Waals surface area contributed by atoms with Crippen LogP contribution in [0.15, 0.2) is 23.0 Å². The molecular weight excluding hydrogens is 240 g/mol. The highest BCUT2D eigenvalue weighted by Crippen LogP contribution is 2.26. The Morgan fingerprint density at radius 2 is 2.21 bits per heavy atom. The second kappa shape index (κ2) is 4.26. The molecule has 3 N–H and O–H groups in total. The summed E-state index contributed by atoms with van der Waals surface area (Å²) in [4.78, 5) is 21.7. The number of benzene rings is 1. The second-order valence-electron chi connectivity index (χ2n) is 5.51. The summed E-state index contributed by atoms with van der Waals surface area (Å²) >= 11 is 0. The zero-order chi connectivity index (χ0) is 13.6. The molecule has 0 bridgehead atoms. The first-order chi connectivity index (χ1) is 9.04. The van der Waals surface area contributed by atoms with Gasteiger partial charge in [-0.2, -0.15) is 0 Å². The maximum atomic E-state index is 12.1. The molecule has 5 heteroatoms. The van der Waals surface area contributed by atoms with E-state index in [2.05, 4.69) is 28.7 Å². The van der Waals surface area contributed by atoms with Crippen LogP contribution in [0.2, 0.25) is 0 Å². The van der Waals surface area contributed by atoms with Gasteiger partial charge in [-0.1, -0.05) is 6.92 Å². The number of rotatable bonds is 1. The molecule has 2 atom stereocenters. The van der Waals surface area contributed by atoms with Crippen LogP contribution >= 0.6 is 0 Å². The van der Waals surface area contributed by atoms with Crippen molar-refractivity contribution in [3.8, 4) is 0 Å². The van der Waals surface area contributed by atoms with Crippen LogP contribution in [0.25, 0.3) is 10.9 Å². The Bertz CT molecular complexity index is 679. The Morgan fingerprint density at radius 1 is 1.42 bits per heavy atom. The van der Waals surface area contributed by atoms with Gasteiger partial charge in [0.1, 0.15) is 0 Å². The number of fused-ring (bicyclic) bond motifs is 1. The molecule has 5 nitrogen and oxygen atoms in total. The van der Waals surface area contributed by atoms with E-state index in [-0.39, 0.29) is 5.56 Å². The van der Waals surface area contributed by atoms with Crippen molar-refractivity contribution in [1.82, 2.24) is 9.97 Å². The lowest BCUT2D eigenvalue weighted by atomic mass is 10.1. The summed E-state index contributed by atoms with van der Waals surface area (Å²) in [6, 6.07) is 5.65. The predicted molar refractivity (Wildman–Crippen MR) is 77.4 cm³/mol. The van der Waals surface area contributed by atoms with E-state index >= 15 is 0 Å². The molecule has 1 aromatic carbocycles. The zero-order valence-electron chi connectivity index (χ0n) is 11.2. The number of nitrogens with one attached hydrogen (secondary N) is 1. The van der Waals surface area contributed by atoms with Crippen molar-refractivity contribution < 1.29 is 0 Å². The monoisotopic (exact) mass is 258 g/mol. The smallest absolute Gasteiger partial charge is 0.260 e. The van der Waals surface area contributed by atoms with Gasteiger partial charge in [-0.3, -0.25) is 9.78 Å². The number of nitrogen functional groups attached to an aromatic ring is 1. The van der Waals surface area contributed by atoms with Gasteiger partial charge < -0.3 is 10.6 Å². The molecule has 2 heterocycles. The van der Waals surface area contributed by atoms with E-state index in [0.717, 1.165) is 13.0 Å². The van der Waals surface area contributed by atoms with Crippen molar-refractivity contribution in [2.75, 3.05) is 17.2 Å². The average Bonchev–Trinajstić information content (AvgIpc) is 2.69. The fraction of sp³-hybridized carbons (Fsp3) is 0.429. The van der Waals surface area contributed by atoms with Crippen LogP contribution in [0, 0.1) is 5.92 Å². The van der Waals surface area contributed by atoms with Crippen molar-refractivity contribution in [1.29, 1.82) is 0 Å². The first-order valence-electron chi connectivity index (χ1n) is 6.61. The number of hydrogen-bond acceptors (Lipinski definition) is 4. The SMILES string of the molecule is CC1CC(C)N(c2nc3ccc(N)cc3c(=O)[nH]2)C1. The maximum Gasteiger partial charge on any atom is 0.260 e. The molecule has 1 saturated heterocycles. The van der Waals surface area contributed by atoms with Crippen LogP contribution in [0.5, 0.6) is 0 Å². The minimum absolute atomic E-state index is 0.126. The molecule has 0 radical (unpaired) electrons. The van der Waals surface area contributed by atoms with Gasteiger partial charge in [0, 0.05) is 18.3 Å². The van der Waals surface area contributed by atoms with Crippen molar-refractivity contribution in [2.24, 2.45) is 5.92 Å². The Hall–Kier alpha value is -2.04. The highest BCUT2D eigenvalue weighted by atomic mass is 16.1. The van der Waals surface area contributed by atoms with Crippen molar-refractivity contribution in [3.63, 3.8) is 0 Å². The molecule has 0 amide bonds. The number of anilines is 2. The molecule has 0 spiro atoms. The van der Waals surface area contributed by atoms with Gasteiger partial charge in [-0.25, -0.2) is 4.98 Å². The Morgan fingerprint density at radius 3 is 2.89 bits per heavy atom. The van der Waals surface area contributed by atoms with E-state index in [4.69, 9.17) is 5.73 Å². The Labute approximate surface area is 111 Å². The van der Waals surface area contributed by atoms with Gasteiger partial charge in [0.2, 0.25) is 5.95 Å². The lowest BCUT2D eigenvalue weighted by Crippen LogP contribution is -2.30. The summed E-state index contributed by atoms with van der Waals surface area (Å²) in [7, 11) is 0. The minimum Gasteiger partial charge on any atom is -0.399 e. The summed E-state index contributed by atoms with van der Waals surface area (Å²) in [5.41, 5.74) is 6.85. The number of hydrogen-bond donors (Lipinski definition) is 2. The second-order valence-corrected chi connectivity index (χ2v) is 5.51. The first-order valence-corrected chi connectivity index (χ1v) is 6.61. The van der Waals surface area contributed by atoms with E-state index in [1.165, 1.54) is 0 Å². The first kappa shape index (κ1) is 12.0. The average molecular weight is 258 g/mol. The van der Waals surface area contributed by atoms with Crippen LogP contribution in [-0.2, 0) is 0 Å². The van der Waals surface area contributed by atoms with E-state index in [1.807, 2.05) is 0 Å². The maximum absolute atomic E-state index is 12.1. The Kier molecular flexibility index (Phi) is 2.69. The lowest BCUT2D eigenvalue weighted by Gasteiger charge is -2.22. The van der Waals surface area contributed by atoms with Gasteiger partial charge in [0.15, 0.2) is 0 Å². The van der Waals surface area contributed by atoms with Crippen LogP contribution in [0.4, 0.5) is 11.6 Å².